The van der Waals surface area contributed by atoms with Gasteiger partial charge in [0.1, 0.15) is 6.04 Å². The number of likely N-dealkylation sites (N-methyl/N-ethyl adjacent to an activating group) is 2. The van der Waals surface area contributed by atoms with E-state index in [9.17, 15) is 9.59 Å². The summed E-state index contributed by atoms with van der Waals surface area (Å²) in [6, 6.07) is 16.1. The molecule has 198 valence electrons. The predicted octanol–water partition coefficient (Wildman–Crippen LogP) is 3.44. The number of piperazine rings is 1. The quantitative estimate of drug-likeness (QED) is 0.532. The number of carbonyl (C=O) groups excluding carboxylic acids is 2. The first-order valence-electron chi connectivity index (χ1n) is 13.6. The van der Waals surface area contributed by atoms with Crippen LogP contribution >= 0.6 is 0 Å². The summed E-state index contributed by atoms with van der Waals surface area (Å²) in [4.78, 5) is 39.5. The van der Waals surface area contributed by atoms with Gasteiger partial charge >= 0.3 is 0 Å². The molecule has 0 radical (unpaired) electrons. The molecule has 38 heavy (non-hydrogen) atoms. The first-order valence-corrected chi connectivity index (χ1v) is 13.6. The summed E-state index contributed by atoms with van der Waals surface area (Å²) in [5.74, 6) is 0.803. The van der Waals surface area contributed by atoms with E-state index >= 15 is 0 Å². The highest BCUT2D eigenvalue weighted by molar-refractivity contribution is 6.05. The van der Waals surface area contributed by atoms with E-state index in [0.717, 1.165) is 48.6 Å². The van der Waals surface area contributed by atoms with Crippen LogP contribution in [0.1, 0.15) is 43.2 Å². The van der Waals surface area contributed by atoms with Crippen LogP contribution in [0.15, 0.2) is 48.5 Å². The second kappa shape index (κ2) is 9.87. The number of benzene rings is 2. The van der Waals surface area contributed by atoms with Gasteiger partial charge in [-0.2, -0.15) is 0 Å². The van der Waals surface area contributed by atoms with E-state index in [1.807, 2.05) is 61.3 Å². The molecule has 3 heterocycles. The van der Waals surface area contributed by atoms with Crippen LogP contribution in [0.3, 0.4) is 0 Å². The van der Waals surface area contributed by atoms with Crippen LogP contribution in [0.25, 0.3) is 17.1 Å². The molecule has 2 aliphatic heterocycles. The number of hydrogen-bond acceptors (Lipinski definition) is 6. The number of hydrogen-bond donors (Lipinski definition) is 0. The second-order valence-corrected chi connectivity index (χ2v) is 10.7. The molecule has 0 N–H and O–H groups in total. The highest BCUT2D eigenvalue weighted by Gasteiger charge is 2.38. The Morgan fingerprint density at radius 2 is 1.63 bits per heavy atom. The molecule has 1 saturated carbocycles. The predicted molar refractivity (Wildman–Crippen MR) is 148 cm³/mol. The standard InChI is InChI=1S/C29H35N7O2/c1-20-28(37)33(3)24-14-13-21(19-25(24)35(20)22-9-7-8-10-22)27-30-26(29(38)34-17-15-32(2)16-18-34)31-36(27)23-11-5-4-6-12-23/h4-6,11-14,19-20,22H,7-10,15-18H2,1-3H3/t20-/m1/s1. The molecule has 9 heteroatoms. The number of fused-ring (bicyclic) bond motifs is 1. The largest absolute Gasteiger partial charge is 0.355 e. The van der Waals surface area contributed by atoms with Gasteiger partial charge in [0.25, 0.3) is 5.91 Å². The minimum atomic E-state index is -0.229. The van der Waals surface area contributed by atoms with Crippen LogP contribution in [0.4, 0.5) is 11.4 Å². The number of carbonyl (C=O) groups is 2. The molecule has 1 atom stereocenters. The van der Waals surface area contributed by atoms with E-state index in [0.29, 0.717) is 25.0 Å². The van der Waals surface area contributed by atoms with E-state index < -0.39 is 0 Å². The van der Waals surface area contributed by atoms with Crippen LogP contribution < -0.4 is 9.80 Å². The normalized spacial score (nSPS) is 20.8. The number of nitrogens with zero attached hydrogens (tertiary/aromatic N) is 7. The van der Waals surface area contributed by atoms with Gasteiger partial charge in [0.15, 0.2) is 5.82 Å². The third-order valence-corrected chi connectivity index (χ3v) is 8.29. The Labute approximate surface area is 223 Å². The Morgan fingerprint density at radius 3 is 2.34 bits per heavy atom. The lowest BCUT2D eigenvalue weighted by atomic mass is 10.0. The van der Waals surface area contributed by atoms with Crippen molar-refractivity contribution in [1.29, 1.82) is 0 Å². The Morgan fingerprint density at radius 1 is 0.921 bits per heavy atom. The van der Waals surface area contributed by atoms with Gasteiger partial charge in [0.05, 0.1) is 17.1 Å². The molecule has 1 aliphatic carbocycles. The summed E-state index contributed by atoms with van der Waals surface area (Å²) in [5.41, 5.74) is 3.66. The van der Waals surface area contributed by atoms with Gasteiger partial charge in [0.2, 0.25) is 11.7 Å². The molecule has 0 unspecified atom stereocenters. The molecular formula is C29H35N7O2. The monoisotopic (exact) mass is 513 g/mol. The van der Waals surface area contributed by atoms with Crippen LogP contribution in [-0.4, -0.2) is 88.7 Å². The number of aromatic nitrogens is 3. The highest BCUT2D eigenvalue weighted by atomic mass is 16.2. The summed E-state index contributed by atoms with van der Waals surface area (Å²) >= 11 is 0. The zero-order valence-electron chi connectivity index (χ0n) is 22.4. The average molecular weight is 514 g/mol. The third-order valence-electron chi connectivity index (χ3n) is 8.29. The van der Waals surface area contributed by atoms with Crippen molar-refractivity contribution in [1.82, 2.24) is 24.6 Å². The minimum Gasteiger partial charge on any atom is -0.355 e. The van der Waals surface area contributed by atoms with Gasteiger partial charge in [-0.15, -0.1) is 5.10 Å². The fourth-order valence-corrected chi connectivity index (χ4v) is 6.06. The maximum atomic E-state index is 13.4. The van der Waals surface area contributed by atoms with Crippen LogP contribution in [0.2, 0.25) is 0 Å². The number of anilines is 2. The van der Waals surface area contributed by atoms with Crippen LogP contribution in [0.5, 0.6) is 0 Å². The van der Waals surface area contributed by atoms with Crippen molar-refractivity contribution >= 4 is 23.2 Å². The number of rotatable bonds is 4. The lowest BCUT2D eigenvalue weighted by Crippen LogP contribution is -2.54. The Bertz CT molecular complexity index is 1340. The Kier molecular flexibility index (Phi) is 6.39. The third kappa shape index (κ3) is 4.24. The summed E-state index contributed by atoms with van der Waals surface area (Å²) in [6.45, 7) is 5.01. The smallest absolute Gasteiger partial charge is 0.293 e. The van der Waals surface area contributed by atoms with Crippen molar-refractivity contribution < 1.29 is 9.59 Å². The van der Waals surface area contributed by atoms with Crippen LogP contribution in [0, 0.1) is 0 Å². The fraction of sp³-hybridized carbons (Fsp3) is 0.448. The summed E-state index contributed by atoms with van der Waals surface area (Å²) < 4.78 is 1.77. The number of para-hydroxylation sites is 1. The zero-order valence-corrected chi connectivity index (χ0v) is 22.4. The molecule has 2 fully saturated rings. The molecule has 1 aromatic heterocycles. The Hall–Kier alpha value is -3.72. The van der Waals surface area contributed by atoms with Gasteiger partial charge in [-0.05, 0) is 57.1 Å². The van der Waals surface area contributed by atoms with Crippen molar-refractivity contribution in [2.75, 3.05) is 50.1 Å². The van der Waals surface area contributed by atoms with Crippen molar-refractivity contribution in [3.8, 4) is 17.1 Å². The van der Waals surface area contributed by atoms with E-state index in [4.69, 9.17) is 10.1 Å². The molecule has 3 aliphatic rings. The first kappa shape index (κ1) is 24.6. The summed E-state index contributed by atoms with van der Waals surface area (Å²) in [5, 5.41) is 4.72. The van der Waals surface area contributed by atoms with Crippen molar-refractivity contribution in [3.05, 3.63) is 54.4 Å². The topological polar surface area (TPSA) is 77.8 Å². The molecule has 2 aromatic carbocycles. The minimum absolute atomic E-state index is 0.115. The first-order chi connectivity index (χ1) is 18.4. The molecule has 1 saturated heterocycles. The summed E-state index contributed by atoms with van der Waals surface area (Å²) in [7, 11) is 3.92. The van der Waals surface area contributed by atoms with E-state index in [1.54, 1.807) is 9.58 Å². The van der Waals surface area contributed by atoms with Gasteiger partial charge in [-0.1, -0.05) is 31.0 Å². The maximum absolute atomic E-state index is 13.4. The number of amides is 2. The van der Waals surface area contributed by atoms with Crippen molar-refractivity contribution in [2.24, 2.45) is 0 Å². The maximum Gasteiger partial charge on any atom is 0.293 e. The van der Waals surface area contributed by atoms with Crippen molar-refractivity contribution in [3.63, 3.8) is 0 Å². The highest BCUT2D eigenvalue weighted by Crippen LogP contribution is 2.42. The Balaban J connectivity index is 1.44. The molecule has 0 spiro atoms. The van der Waals surface area contributed by atoms with Gasteiger partial charge in [-0.3, -0.25) is 9.59 Å². The van der Waals surface area contributed by atoms with Crippen LogP contribution in [-0.2, 0) is 4.79 Å². The van der Waals surface area contributed by atoms with Gasteiger partial charge in [0, 0.05) is 44.8 Å². The molecule has 0 bridgehead atoms. The molecular weight excluding hydrogens is 478 g/mol. The molecule has 9 nitrogen and oxygen atoms in total. The molecule has 3 aromatic rings. The molecule has 6 rings (SSSR count). The van der Waals surface area contributed by atoms with E-state index in [-0.39, 0.29) is 23.7 Å². The average Bonchev–Trinajstić information content (AvgIpc) is 3.63. The van der Waals surface area contributed by atoms with Crippen molar-refractivity contribution in [2.45, 2.75) is 44.7 Å². The SMILES string of the molecule is C[C@@H]1C(=O)N(C)c2ccc(-c3nc(C(=O)N4CCN(C)CC4)nn3-c3ccccc3)cc2N1C1CCCC1. The van der Waals surface area contributed by atoms with E-state index in [1.165, 1.54) is 12.8 Å². The molecule has 2 amide bonds. The van der Waals surface area contributed by atoms with Gasteiger partial charge < -0.3 is 19.6 Å². The fourth-order valence-electron chi connectivity index (χ4n) is 6.06. The van der Waals surface area contributed by atoms with Gasteiger partial charge in [-0.25, -0.2) is 9.67 Å². The lowest BCUT2D eigenvalue weighted by Gasteiger charge is -2.43. The lowest BCUT2D eigenvalue weighted by molar-refractivity contribution is -0.119. The van der Waals surface area contributed by atoms with E-state index in [2.05, 4.69) is 22.9 Å². The summed E-state index contributed by atoms with van der Waals surface area (Å²) in [6.07, 6.45) is 4.56. The zero-order chi connectivity index (χ0) is 26.4. The second-order valence-electron chi connectivity index (χ2n) is 10.7.